The van der Waals surface area contributed by atoms with Gasteiger partial charge in [-0.3, -0.25) is 0 Å². The maximum atomic E-state index is 6.17. The fraction of sp³-hybridized carbons (Fsp3) is 0. The predicted molar refractivity (Wildman–Crippen MR) is 105 cm³/mol. The second-order valence-corrected chi connectivity index (χ2v) is 6.45. The summed E-state index contributed by atoms with van der Waals surface area (Å²) in [6.07, 6.45) is 1.37. The lowest BCUT2D eigenvalue weighted by molar-refractivity contribution is 0.440. The summed E-state index contributed by atoms with van der Waals surface area (Å²) in [7, 11) is 0. The molecule has 4 aromatic rings. The van der Waals surface area contributed by atoms with Crippen LogP contribution in [0.4, 0.5) is 5.69 Å². The lowest BCUT2D eigenvalue weighted by atomic mass is 10.1. The summed E-state index contributed by atoms with van der Waals surface area (Å²) < 4.78 is 12.7. The molecule has 3 aromatic carbocycles. The highest BCUT2D eigenvalue weighted by Crippen LogP contribution is 2.35. The smallest absolute Gasteiger partial charge is 0.249 e. The van der Waals surface area contributed by atoms with E-state index in [0.717, 1.165) is 15.2 Å². The molecule has 0 atom stereocenters. The van der Waals surface area contributed by atoms with Crippen LogP contribution in [0.3, 0.4) is 0 Å². The summed E-state index contributed by atoms with van der Waals surface area (Å²) in [5.41, 5.74) is 6.41. The summed E-state index contributed by atoms with van der Waals surface area (Å²) >= 11 is 3.39. The highest BCUT2D eigenvalue weighted by Gasteiger charge is 2.13. The Morgan fingerprint density at radius 3 is 2.27 bits per heavy atom. The number of nitrogen functional groups attached to an aromatic ring is 1. The van der Waals surface area contributed by atoms with Crippen LogP contribution in [0.2, 0.25) is 0 Å². The Bertz CT molecular complexity index is 1060. The van der Waals surface area contributed by atoms with E-state index < -0.39 is 0 Å². The fourth-order valence-corrected chi connectivity index (χ4v) is 2.79. The quantitative estimate of drug-likeness (QED) is 0.479. The third-order valence-corrected chi connectivity index (χ3v) is 4.32. The molecule has 2 N–H and O–H groups in total. The molecule has 1 aromatic heterocycles. The zero-order valence-electron chi connectivity index (χ0n) is 13.6. The number of halogens is 1. The first-order chi connectivity index (χ1) is 12.7. The maximum absolute atomic E-state index is 6.17. The van der Waals surface area contributed by atoms with E-state index in [1.54, 1.807) is 0 Å². The van der Waals surface area contributed by atoms with E-state index in [1.807, 2.05) is 66.7 Å². The van der Waals surface area contributed by atoms with Gasteiger partial charge in [-0.25, -0.2) is 0 Å². The number of hydrogen-bond donors (Lipinski definition) is 1. The van der Waals surface area contributed by atoms with E-state index in [-0.39, 0.29) is 17.4 Å². The molecule has 0 unspecified atom stereocenters. The molecule has 6 heteroatoms. The van der Waals surface area contributed by atoms with Gasteiger partial charge in [-0.2, -0.15) is 9.97 Å². The Morgan fingerprint density at radius 2 is 1.46 bits per heavy atom. The highest BCUT2D eigenvalue weighted by molar-refractivity contribution is 9.10. The van der Waals surface area contributed by atoms with E-state index in [9.17, 15) is 0 Å². The number of hydrogen-bond acceptors (Lipinski definition) is 5. The second kappa shape index (κ2) is 7.01. The number of aromatic nitrogens is 2. The highest BCUT2D eigenvalue weighted by atomic mass is 79.9. The minimum Gasteiger partial charge on any atom is -0.437 e. The summed E-state index contributed by atoms with van der Waals surface area (Å²) in [5.74, 6) is 1.79. The van der Waals surface area contributed by atoms with Gasteiger partial charge in [0.05, 0.1) is 0 Å². The molecule has 5 nitrogen and oxygen atoms in total. The molecule has 0 aliphatic heterocycles. The van der Waals surface area contributed by atoms with Gasteiger partial charge in [0.2, 0.25) is 11.8 Å². The Balaban J connectivity index is 1.66. The minimum atomic E-state index is 0.239. The van der Waals surface area contributed by atoms with Crippen molar-refractivity contribution in [2.75, 3.05) is 5.73 Å². The third kappa shape index (κ3) is 3.32. The first-order valence-corrected chi connectivity index (χ1v) is 8.69. The van der Waals surface area contributed by atoms with Crippen molar-refractivity contribution in [1.82, 2.24) is 9.97 Å². The minimum absolute atomic E-state index is 0.239. The average molecular weight is 408 g/mol. The van der Waals surface area contributed by atoms with E-state index in [0.29, 0.717) is 11.5 Å². The van der Waals surface area contributed by atoms with Crippen molar-refractivity contribution >= 4 is 32.4 Å². The molecule has 128 valence electrons. The Labute approximate surface area is 158 Å². The summed E-state index contributed by atoms with van der Waals surface area (Å²) in [6, 6.07) is 21.2. The Hall–Kier alpha value is -3.12. The summed E-state index contributed by atoms with van der Waals surface area (Å²) in [6.45, 7) is 0. The van der Waals surface area contributed by atoms with Gasteiger partial charge in [-0.15, -0.1) is 0 Å². The molecule has 4 rings (SSSR count). The Kier molecular flexibility index (Phi) is 4.41. The van der Waals surface area contributed by atoms with Crippen molar-refractivity contribution in [1.29, 1.82) is 0 Å². The number of anilines is 1. The molecule has 0 aliphatic carbocycles. The van der Waals surface area contributed by atoms with Crippen molar-refractivity contribution in [2.24, 2.45) is 0 Å². The summed E-state index contributed by atoms with van der Waals surface area (Å²) in [5, 5.41) is 2.05. The van der Waals surface area contributed by atoms with Gasteiger partial charge in [0.15, 0.2) is 5.69 Å². The molecular weight excluding hydrogens is 394 g/mol. The predicted octanol–water partition coefficient (Wildman–Crippen LogP) is 5.56. The van der Waals surface area contributed by atoms with Crippen LogP contribution in [0.5, 0.6) is 23.3 Å². The zero-order valence-corrected chi connectivity index (χ0v) is 15.2. The van der Waals surface area contributed by atoms with E-state index >= 15 is 0 Å². The number of fused-ring (bicyclic) bond motifs is 1. The van der Waals surface area contributed by atoms with Crippen molar-refractivity contribution in [3.8, 4) is 23.3 Å². The van der Waals surface area contributed by atoms with Crippen molar-refractivity contribution < 1.29 is 9.47 Å². The topological polar surface area (TPSA) is 70.3 Å². The lowest BCUT2D eigenvalue weighted by Gasteiger charge is -2.12. The first kappa shape index (κ1) is 16.4. The summed E-state index contributed by atoms with van der Waals surface area (Å²) in [4.78, 5) is 8.26. The molecule has 1 heterocycles. The molecule has 0 spiro atoms. The Morgan fingerprint density at radius 1 is 0.769 bits per heavy atom. The molecule has 0 aliphatic rings. The van der Waals surface area contributed by atoms with Crippen LogP contribution in [0.15, 0.2) is 77.5 Å². The largest absolute Gasteiger partial charge is 0.437 e. The van der Waals surface area contributed by atoms with Gasteiger partial charge in [-0.05, 0) is 35.7 Å². The maximum Gasteiger partial charge on any atom is 0.249 e. The number of nitrogens with two attached hydrogens (primary N) is 1. The van der Waals surface area contributed by atoms with Crippen LogP contribution in [0.25, 0.3) is 10.8 Å². The van der Waals surface area contributed by atoms with Crippen LogP contribution < -0.4 is 15.2 Å². The van der Waals surface area contributed by atoms with Gasteiger partial charge in [0.1, 0.15) is 17.8 Å². The van der Waals surface area contributed by atoms with Gasteiger partial charge >= 0.3 is 0 Å². The monoisotopic (exact) mass is 407 g/mol. The van der Waals surface area contributed by atoms with Crippen LogP contribution in [-0.4, -0.2) is 9.97 Å². The SMILES string of the molecule is Nc1c(Oc2ccc(Br)cc2)ncnc1Oc1cccc2ccccc12. The fourth-order valence-electron chi connectivity index (χ4n) is 2.53. The molecule has 0 saturated heterocycles. The van der Waals surface area contributed by atoms with Crippen LogP contribution in [0.1, 0.15) is 0 Å². The first-order valence-electron chi connectivity index (χ1n) is 7.90. The van der Waals surface area contributed by atoms with Crippen molar-refractivity contribution in [3.63, 3.8) is 0 Å². The van der Waals surface area contributed by atoms with Crippen LogP contribution in [0, 0.1) is 0 Å². The van der Waals surface area contributed by atoms with Gasteiger partial charge in [0, 0.05) is 9.86 Å². The van der Waals surface area contributed by atoms with Gasteiger partial charge < -0.3 is 15.2 Å². The molecule has 0 radical (unpaired) electrons. The van der Waals surface area contributed by atoms with E-state index in [2.05, 4.69) is 25.9 Å². The normalized spacial score (nSPS) is 10.7. The lowest BCUT2D eigenvalue weighted by Crippen LogP contribution is -2.00. The molecule has 26 heavy (non-hydrogen) atoms. The molecule has 0 fully saturated rings. The number of ether oxygens (including phenoxy) is 2. The molecule has 0 bridgehead atoms. The zero-order chi connectivity index (χ0) is 17.9. The second-order valence-electron chi connectivity index (χ2n) is 5.53. The van der Waals surface area contributed by atoms with Crippen LogP contribution in [-0.2, 0) is 0 Å². The van der Waals surface area contributed by atoms with Crippen molar-refractivity contribution in [3.05, 3.63) is 77.5 Å². The molecular formula is C20H14BrN3O2. The number of nitrogens with zero attached hydrogens (tertiary/aromatic N) is 2. The van der Waals surface area contributed by atoms with E-state index in [1.165, 1.54) is 6.33 Å². The van der Waals surface area contributed by atoms with Gasteiger partial charge in [-0.1, -0.05) is 52.3 Å². The molecule has 0 saturated carbocycles. The molecule has 0 amide bonds. The van der Waals surface area contributed by atoms with Gasteiger partial charge in [0.25, 0.3) is 0 Å². The number of benzene rings is 3. The van der Waals surface area contributed by atoms with E-state index in [4.69, 9.17) is 15.2 Å². The van der Waals surface area contributed by atoms with Crippen molar-refractivity contribution in [2.45, 2.75) is 0 Å². The number of rotatable bonds is 4. The van der Waals surface area contributed by atoms with Crippen LogP contribution >= 0.6 is 15.9 Å². The standard InChI is InChI=1S/C20H14BrN3O2/c21-14-8-10-15(11-9-14)25-19-18(22)20(24-12-23-19)26-17-7-3-5-13-4-1-2-6-16(13)17/h1-12H,22H2. The third-order valence-electron chi connectivity index (χ3n) is 3.80. The average Bonchev–Trinajstić information content (AvgIpc) is 2.67.